The Bertz CT molecular complexity index is 588. The maximum atomic E-state index is 12.8. The summed E-state index contributed by atoms with van der Waals surface area (Å²) in [5.74, 6) is 0. The highest BCUT2D eigenvalue weighted by Crippen LogP contribution is 2.32. The fraction of sp³-hybridized carbons (Fsp3) is 0.643. The van der Waals surface area contributed by atoms with Gasteiger partial charge in [-0.25, -0.2) is 13.4 Å². The van der Waals surface area contributed by atoms with E-state index < -0.39 is 10.0 Å². The second kappa shape index (κ2) is 6.00. The maximum Gasteiger partial charge on any atom is 0.260 e. The Morgan fingerprint density at radius 3 is 3.00 bits per heavy atom. The van der Waals surface area contributed by atoms with Crippen molar-refractivity contribution in [2.75, 3.05) is 20.2 Å². The Labute approximate surface area is 125 Å². The van der Waals surface area contributed by atoms with Gasteiger partial charge in [0.1, 0.15) is 0 Å². The summed E-state index contributed by atoms with van der Waals surface area (Å²) in [4.78, 5) is 4.15. The minimum absolute atomic E-state index is 0.0254. The van der Waals surface area contributed by atoms with Crippen LogP contribution in [0.25, 0.3) is 0 Å². The van der Waals surface area contributed by atoms with E-state index in [4.69, 9.17) is 4.74 Å². The quantitative estimate of drug-likeness (QED) is 0.888. The lowest BCUT2D eigenvalue weighted by Gasteiger charge is -2.36. The summed E-state index contributed by atoms with van der Waals surface area (Å²) in [5, 5.41) is 3.15. The van der Waals surface area contributed by atoms with E-state index in [0.29, 0.717) is 19.7 Å². The van der Waals surface area contributed by atoms with E-state index in [2.05, 4.69) is 10.3 Å². The Morgan fingerprint density at radius 1 is 1.43 bits per heavy atom. The topological polar surface area (TPSA) is 71.5 Å². The predicted octanol–water partition coefficient (Wildman–Crippen LogP) is 0.743. The lowest BCUT2D eigenvalue weighted by molar-refractivity contribution is -0.0242. The van der Waals surface area contributed by atoms with Crippen molar-refractivity contribution < 1.29 is 13.2 Å². The molecule has 2 unspecified atom stereocenters. The summed E-state index contributed by atoms with van der Waals surface area (Å²) >= 11 is 0. The average molecular weight is 311 g/mol. The highest BCUT2D eigenvalue weighted by molar-refractivity contribution is 7.89. The Balaban J connectivity index is 1.85. The number of rotatable bonds is 4. The van der Waals surface area contributed by atoms with Gasteiger partial charge in [0, 0.05) is 19.3 Å². The van der Waals surface area contributed by atoms with Crippen LogP contribution >= 0.6 is 0 Å². The van der Waals surface area contributed by atoms with Crippen LogP contribution in [-0.4, -0.2) is 50.1 Å². The summed E-state index contributed by atoms with van der Waals surface area (Å²) in [7, 11) is -1.68. The van der Waals surface area contributed by atoms with Crippen LogP contribution < -0.4 is 5.32 Å². The second-order valence-corrected chi connectivity index (χ2v) is 7.40. The van der Waals surface area contributed by atoms with E-state index in [1.165, 1.54) is 0 Å². The SMILES string of the molecule is CNCc1ccc(S(=O)(=O)N2CCOC3CCCC32)nc1. The molecule has 0 amide bonds. The first-order valence-electron chi connectivity index (χ1n) is 7.36. The summed E-state index contributed by atoms with van der Waals surface area (Å²) in [6, 6.07) is 3.38. The first-order valence-corrected chi connectivity index (χ1v) is 8.80. The van der Waals surface area contributed by atoms with Crippen LogP contribution in [-0.2, 0) is 21.3 Å². The van der Waals surface area contributed by atoms with Gasteiger partial charge in [-0.2, -0.15) is 4.31 Å². The van der Waals surface area contributed by atoms with Crippen LogP contribution in [0.5, 0.6) is 0 Å². The molecular formula is C14H21N3O3S. The number of aromatic nitrogens is 1. The third-order valence-electron chi connectivity index (χ3n) is 4.18. The maximum absolute atomic E-state index is 12.8. The van der Waals surface area contributed by atoms with Crippen molar-refractivity contribution in [3.63, 3.8) is 0 Å². The zero-order valence-electron chi connectivity index (χ0n) is 12.2. The molecule has 2 aliphatic rings. The molecule has 1 saturated heterocycles. The standard InChI is InChI=1S/C14H21N3O3S/c1-15-9-11-5-6-14(16-10-11)21(18,19)17-7-8-20-13-4-2-3-12(13)17/h5-6,10,12-13,15H,2-4,7-9H2,1H3. The molecule has 0 spiro atoms. The van der Waals surface area contributed by atoms with Gasteiger partial charge in [0.25, 0.3) is 10.0 Å². The summed E-state index contributed by atoms with van der Waals surface area (Å²) in [6.07, 6.45) is 4.52. The molecule has 1 aliphatic carbocycles. The van der Waals surface area contributed by atoms with Crippen LogP contribution in [0.1, 0.15) is 24.8 Å². The summed E-state index contributed by atoms with van der Waals surface area (Å²) in [6.45, 7) is 1.57. The van der Waals surface area contributed by atoms with Crippen molar-refractivity contribution in [3.05, 3.63) is 23.9 Å². The molecule has 1 aromatic heterocycles. The lowest BCUT2D eigenvalue weighted by atomic mass is 10.2. The average Bonchev–Trinajstić information content (AvgIpc) is 2.96. The largest absolute Gasteiger partial charge is 0.375 e. The molecule has 116 valence electrons. The number of hydrogen-bond acceptors (Lipinski definition) is 5. The number of nitrogens with zero attached hydrogens (tertiary/aromatic N) is 2. The van der Waals surface area contributed by atoms with Gasteiger partial charge in [-0.3, -0.25) is 0 Å². The van der Waals surface area contributed by atoms with Gasteiger partial charge in [-0.15, -0.1) is 0 Å². The minimum atomic E-state index is -3.53. The van der Waals surface area contributed by atoms with Crippen LogP contribution in [0.4, 0.5) is 0 Å². The molecule has 1 N–H and O–H groups in total. The van der Waals surface area contributed by atoms with Crippen molar-refractivity contribution in [1.82, 2.24) is 14.6 Å². The molecule has 0 aromatic carbocycles. The van der Waals surface area contributed by atoms with Gasteiger partial charge in [-0.05, 0) is 37.9 Å². The van der Waals surface area contributed by atoms with E-state index in [9.17, 15) is 8.42 Å². The molecule has 1 aromatic rings. The normalized spacial score (nSPS) is 26.7. The Kier molecular flexibility index (Phi) is 4.26. The lowest BCUT2D eigenvalue weighted by Crippen LogP contribution is -2.51. The van der Waals surface area contributed by atoms with Crippen molar-refractivity contribution in [3.8, 4) is 0 Å². The zero-order valence-corrected chi connectivity index (χ0v) is 13.0. The van der Waals surface area contributed by atoms with Crippen LogP contribution in [0.3, 0.4) is 0 Å². The molecule has 6 nitrogen and oxygen atoms in total. The van der Waals surface area contributed by atoms with Gasteiger partial charge in [0.15, 0.2) is 5.03 Å². The number of morpholine rings is 1. The molecule has 2 heterocycles. The fourth-order valence-electron chi connectivity index (χ4n) is 3.18. The van der Waals surface area contributed by atoms with E-state index in [1.807, 2.05) is 13.1 Å². The van der Waals surface area contributed by atoms with E-state index >= 15 is 0 Å². The summed E-state index contributed by atoms with van der Waals surface area (Å²) < 4.78 is 32.9. The molecular weight excluding hydrogens is 290 g/mol. The van der Waals surface area contributed by atoms with Gasteiger partial charge < -0.3 is 10.1 Å². The number of hydrogen-bond donors (Lipinski definition) is 1. The van der Waals surface area contributed by atoms with Gasteiger partial charge in [0.2, 0.25) is 0 Å². The number of sulfonamides is 1. The molecule has 21 heavy (non-hydrogen) atoms. The van der Waals surface area contributed by atoms with E-state index in [-0.39, 0.29) is 17.2 Å². The second-order valence-electron chi connectivity index (χ2n) is 5.56. The van der Waals surface area contributed by atoms with Crippen molar-refractivity contribution in [2.24, 2.45) is 0 Å². The minimum Gasteiger partial charge on any atom is -0.375 e. The van der Waals surface area contributed by atoms with Gasteiger partial charge >= 0.3 is 0 Å². The van der Waals surface area contributed by atoms with Crippen molar-refractivity contribution in [2.45, 2.75) is 43.0 Å². The fourth-order valence-corrected chi connectivity index (χ4v) is 4.76. The highest BCUT2D eigenvalue weighted by Gasteiger charge is 2.42. The molecule has 1 aliphatic heterocycles. The van der Waals surface area contributed by atoms with Crippen molar-refractivity contribution >= 4 is 10.0 Å². The first-order chi connectivity index (χ1) is 10.1. The molecule has 7 heteroatoms. The molecule has 1 saturated carbocycles. The molecule has 2 fully saturated rings. The number of fused-ring (bicyclic) bond motifs is 1. The Hall–Kier alpha value is -1.02. The van der Waals surface area contributed by atoms with Crippen molar-refractivity contribution in [1.29, 1.82) is 0 Å². The van der Waals surface area contributed by atoms with E-state index in [1.54, 1.807) is 16.6 Å². The third kappa shape index (κ3) is 2.83. The number of nitrogens with one attached hydrogen (secondary N) is 1. The zero-order chi connectivity index (χ0) is 14.9. The van der Waals surface area contributed by atoms with E-state index in [0.717, 1.165) is 24.8 Å². The third-order valence-corrected chi connectivity index (χ3v) is 6.02. The number of ether oxygens (including phenoxy) is 1. The summed E-state index contributed by atoms with van der Waals surface area (Å²) in [5.41, 5.74) is 0.970. The van der Waals surface area contributed by atoms with Crippen LogP contribution in [0.2, 0.25) is 0 Å². The molecule has 3 rings (SSSR count). The van der Waals surface area contributed by atoms with Crippen LogP contribution in [0, 0.1) is 0 Å². The predicted molar refractivity (Wildman–Crippen MR) is 78.3 cm³/mol. The van der Waals surface area contributed by atoms with Crippen LogP contribution in [0.15, 0.2) is 23.4 Å². The highest BCUT2D eigenvalue weighted by atomic mass is 32.2. The van der Waals surface area contributed by atoms with Gasteiger partial charge in [0.05, 0.1) is 18.8 Å². The molecule has 0 radical (unpaired) electrons. The first kappa shape index (κ1) is 14.9. The monoisotopic (exact) mass is 311 g/mol. The van der Waals surface area contributed by atoms with Gasteiger partial charge in [-0.1, -0.05) is 6.07 Å². The molecule has 0 bridgehead atoms. The Morgan fingerprint density at radius 2 is 2.29 bits per heavy atom. The molecule has 2 atom stereocenters. The smallest absolute Gasteiger partial charge is 0.260 e. The number of pyridine rings is 1.